The lowest BCUT2D eigenvalue weighted by Crippen LogP contribution is -2.31. The normalized spacial score (nSPS) is 14.7. The number of benzene rings is 2. The van der Waals surface area contributed by atoms with Gasteiger partial charge in [-0.25, -0.2) is 8.42 Å². The standard InChI is InChI=1S/C23H26N2O4S/c1-16-7-9-17(10-8-16)30(26,27)22-15-24-19-14-21(29-3)20(28-2)13-18(19)23(22)25-11-5-4-6-12-25/h7-10,13-15H,4-6,11-12H2,1-3H3. The Morgan fingerprint density at radius 2 is 1.57 bits per heavy atom. The Morgan fingerprint density at radius 1 is 0.933 bits per heavy atom. The highest BCUT2D eigenvalue weighted by Crippen LogP contribution is 2.41. The van der Waals surface area contributed by atoms with Crippen LogP contribution < -0.4 is 14.4 Å². The molecular formula is C23H26N2O4S. The lowest BCUT2D eigenvalue weighted by atomic mass is 10.1. The number of pyridine rings is 1. The van der Waals surface area contributed by atoms with Gasteiger partial charge in [0.15, 0.2) is 11.5 Å². The van der Waals surface area contributed by atoms with Crippen molar-refractivity contribution in [3.8, 4) is 11.5 Å². The highest BCUT2D eigenvalue weighted by Gasteiger charge is 2.28. The molecule has 0 spiro atoms. The summed E-state index contributed by atoms with van der Waals surface area (Å²) in [5.41, 5.74) is 2.39. The van der Waals surface area contributed by atoms with E-state index < -0.39 is 9.84 Å². The topological polar surface area (TPSA) is 68.7 Å². The van der Waals surface area contributed by atoms with Gasteiger partial charge in [0.05, 0.1) is 30.3 Å². The fourth-order valence-corrected chi connectivity index (χ4v) is 5.40. The van der Waals surface area contributed by atoms with Gasteiger partial charge in [-0.1, -0.05) is 17.7 Å². The Labute approximate surface area is 177 Å². The van der Waals surface area contributed by atoms with Crippen LogP contribution in [0.3, 0.4) is 0 Å². The van der Waals surface area contributed by atoms with Crippen LogP contribution in [0.25, 0.3) is 10.9 Å². The van der Waals surface area contributed by atoms with E-state index in [2.05, 4.69) is 9.88 Å². The van der Waals surface area contributed by atoms with Crippen molar-refractivity contribution in [3.05, 3.63) is 48.2 Å². The lowest BCUT2D eigenvalue weighted by Gasteiger charge is -2.31. The van der Waals surface area contributed by atoms with Crippen molar-refractivity contribution in [2.24, 2.45) is 0 Å². The molecule has 6 nitrogen and oxygen atoms in total. The molecule has 0 bridgehead atoms. The number of sulfone groups is 1. The summed E-state index contributed by atoms with van der Waals surface area (Å²) in [6.07, 6.45) is 4.69. The van der Waals surface area contributed by atoms with Crippen LogP contribution in [-0.4, -0.2) is 40.7 Å². The van der Waals surface area contributed by atoms with Crippen LogP contribution in [0.15, 0.2) is 52.4 Å². The molecule has 0 saturated carbocycles. The molecular weight excluding hydrogens is 400 g/mol. The first-order chi connectivity index (χ1) is 14.5. The second-order valence-electron chi connectivity index (χ2n) is 7.56. The van der Waals surface area contributed by atoms with Crippen molar-refractivity contribution in [2.45, 2.75) is 36.0 Å². The summed E-state index contributed by atoms with van der Waals surface area (Å²) < 4.78 is 38.1. The maximum absolute atomic E-state index is 13.6. The molecule has 1 aliphatic rings. The van der Waals surface area contributed by atoms with Gasteiger partial charge in [-0.15, -0.1) is 0 Å². The Kier molecular flexibility index (Phi) is 5.56. The fourth-order valence-electron chi connectivity index (χ4n) is 3.97. The summed E-state index contributed by atoms with van der Waals surface area (Å²) in [7, 11) is -0.590. The van der Waals surface area contributed by atoms with Crippen LogP contribution in [0, 0.1) is 6.92 Å². The number of anilines is 1. The largest absolute Gasteiger partial charge is 0.493 e. The molecule has 4 rings (SSSR count). The molecule has 1 saturated heterocycles. The quantitative estimate of drug-likeness (QED) is 0.603. The molecule has 1 fully saturated rings. The summed E-state index contributed by atoms with van der Waals surface area (Å²) in [6.45, 7) is 3.56. The Morgan fingerprint density at radius 3 is 2.20 bits per heavy atom. The van der Waals surface area contributed by atoms with Crippen molar-refractivity contribution in [1.29, 1.82) is 0 Å². The molecule has 7 heteroatoms. The van der Waals surface area contributed by atoms with Crippen LogP contribution in [0.4, 0.5) is 5.69 Å². The minimum absolute atomic E-state index is 0.230. The molecule has 3 aromatic rings. The Hall–Kier alpha value is -2.80. The average Bonchev–Trinajstić information content (AvgIpc) is 2.78. The fraction of sp³-hybridized carbons (Fsp3) is 0.348. The number of aromatic nitrogens is 1. The monoisotopic (exact) mass is 426 g/mol. The maximum Gasteiger partial charge on any atom is 0.210 e. The molecule has 0 unspecified atom stereocenters. The molecule has 2 aromatic carbocycles. The third-order valence-corrected chi connectivity index (χ3v) is 7.37. The highest BCUT2D eigenvalue weighted by atomic mass is 32.2. The van der Waals surface area contributed by atoms with E-state index in [-0.39, 0.29) is 9.79 Å². The summed E-state index contributed by atoms with van der Waals surface area (Å²) in [6, 6.07) is 10.6. The summed E-state index contributed by atoms with van der Waals surface area (Å²) in [4.78, 5) is 7.16. The second-order valence-corrected chi connectivity index (χ2v) is 9.48. The van der Waals surface area contributed by atoms with E-state index in [1.54, 1.807) is 32.4 Å². The number of rotatable bonds is 5. The van der Waals surface area contributed by atoms with Crippen molar-refractivity contribution < 1.29 is 17.9 Å². The van der Waals surface area contributed by atoms with E-state index in [0.29, 0.717) is 22.7 Å². The molecule has 158 valence electrons. The first kappa shape index (κ1) is 20.5. The van der Waals surface area contributed by atoms with Gasteiger partial charge in [0.25, 0.3) is 0 Å². The van der Waals surface area contributed by atoms with Crippen LogP contribution in [0.1, 0.15) is 24.8 Å². The molecule has 0 aliphatic carbocycles. The van der Waals surface area contributed by atoms with Crippen LogP contribution >= 0.6 is 0 Å². The van der Waals surface area contributed by atoms with Crippen molar-refractivity contribution in [1.82, 2.24) is 4.98 Å². The van der Waals surface area contributed by atoms with E-state index in [0.717, 1.165) is 43.3 Å². The highest BCUT2D eigenvalue weighted by molar-refractivity contribution is 7.91. The van der Waals surface area contributed by atoms with Gasteiger partial charge in [-0.2, -0.15) is 0 Å². The van der Waals surface area contributed by atoms with Gasteiger partial charge in [0, 0.05) is 30.7 Å². The van der Waals surface area contributed by atoms with Crippen LogP contribution in [-0.2, 0) is 9.84 Å². The smallest absolute Gasteiger partial charge is 0.210 e. The third kappa shape index (κ3) is 3.58. The minimum Gasteiger partial charge on any atom is -0.493 e. The summed E-state index contributed by atoms with van der Waals surface area (Å²) in [5.74, 6) is 1.12. The number of hydrogen-bond acceptors (Lipinski definition) is 6. The SMILES string of the molecule is COc1cc2ncc(S(=O)(=O)c3ccc(C)cc3)c(N3CCCCC3)c2cc1OC. The van der Waals surface area contributed by atoms with E-state index in [1.165, 1.54) is 6.20 Å². The zero-order valence-electron chi connectivity index (χ0n) is 17.5. The second kappa shape index (κ2) is 8.14. The molecule has 1 aliphatic heterocycles. The predicted molar refractivity (Wildman–Crippen MR) is 118 cm³/mol. The lowest BCUT2D eigenvalue weighted by molar-refractivity contribution is 0.356. The van der Waals surface area contributed by atoms with Crippen molar-refractivity contribution >= 4 is 26.4 Å². The van der Waals surface area contributed by atoms with Gasteiger partial charge in [-0.05, 0) is 44.4 Å². The molecule has 2 heterocycles. The van der Waals surface area contributed by atoms with E-state index in [1.807, 2.05) is 25.1 Å². The van der Waals surface area contributed by atoms with Gasteiger partial charge in [-0.3, -0.25) is 4.98 Å². The zero-order valence-corrected chi connectivity index (χ0v) is 18.3. The summed E-state index contributed by atoms with van der Waals surface area (Å²) in [5, 5.41) is 0.753. The average molecular weight is 427 g/mol. The van der Waals surface area contributed by atoms with Crippen molar-refractivity contribution in [2.75, 3.05) is 32.2 Å². The number of piperidine rings is 1. The first-order valence-corrected chi connectivity index (χ1v) is 11.6. The maximum atomic E-state index is 13.6. The predicted octanol–water partition coefficient (Wildman–Crippen LogP) is 4.38. The van der Waals surface area contributed by atoms with Crippen molar-refractivity contribution in [3.63, 3.8) is 0 Å². The van der Waals surface area contributed by atoms with Gasteiger partial charge >= 0.3 is 0 Å². The molecule has 0 radical (unpaired) electrons. The van der Waals surface area contributed by atoms with Gasteiger partial charge < -0.3 is 14.4 Å². The van der Waals surface area contributed by atoms with Crippen LogP contribution in [0.2, 0.25) is 0 Å². The molecule has 1 aromatic heterocycles. The number of ether oxygens (including phenoxy) is 2. The zero-order chi connectivity index (χ0) is 21.3. The van der Waals surface area contributed by atoms with E-state index >= 15 is 0 Å². The van der Waals surface area contributed by atoms with E-state index in [9.17, 15) is 8.42 Å². The molecule has 30 heavy (non-hydrogen) atoms. The summed E-state index contributed by atoms with van der Waals surface area (Å²) >= 11 is 0. The van der Waals surface area contributed by atoms with Gasteiger partial charge in [0.2, 0.25) is 9.84 Å². The Balaban J connectivity index is 2.00. The molecule has 0 atom stereocenters. The van der Waals surface area contributed by atoms with Crippen LogP contribution in [0.5, 0.6) is 11.5 Å². The third-order valence-electron chi connectivity index (χ3n) is 5.60. The Bertz CT molecular complexity index is 1170. The molecule has 0 N–H and O–H groups in total. The number of methoxy groups -OCH3 is 2. The number of aryl methyl sites for hydroxylation is 1. The minimum atomic E-state index is -3.74. The number of hydrogen-bond donors (Lipinski definition) is 0. The first-order valence-electron chi connectivity index (χ1n) is 10.1. The van der Waals surface area contributed by atoms with E-state index in [4.69, 9.17) is 9.47 Å². The number of fused-ring (bicyclic) bond motifs is 1. The number of nitrogens with zero attached hydrogens (tertiary/aromatic N) is 2. The molecule has 0 amide bonds. The van der Waals surface area contributed by atoms with Gasteiger partial charge in [0.1, 0.15) is 4.90 Å².